The van der Waals surface area contributed by atoms with Gasteiger partial charge in [-0.15, -0.1) is 0 Å². The highest BCUT2D eigenvalue weighted by Gasteiger charge is 2.14. The molecule has 112 valence electrons. The Morgan fingerprint density at radius 2 is 2.00 bits per heavy atom. The van der Waals surface area contributed by atoms with Crippen LogP contribution < -0.4 is 9.46 Å². The average Bonchev–Trinajstić information content (AvgIpc) is 2.45. The van der Waals surface area contributed by atoms with Crippen molar-refractivity contribution in [3.8, 4) is 5.88 Å². The molecule has 7 nitrogen and oxygen atoms in total. The summed E-state index contributed by atoms with van der Waals surface area (Å²) in [6.45, 7) is 0. The van der Waals surface area contributed by atoms with E-state index in [0.29, 0.717) is 6.42 Å². The molecule has 2 heterocycles. The summed E-state index contributed by atoms with van der Waals surface area (Å²) in [4.78, 5) is 11.5. The zero-order chi connectivity index (χ0) is 15.3. The number of hydrogen-bond acceptors (Lipinski definition) is 6. The lowest BCUT2D eigenvalue weighted by Gasteiger charge is -2.08. The molecule has 0 spiro atoms. The van der Waals surface area contributed by atoms with Gasteiger partial charge >= 0.3 is 0 Å². The number of nitrogens with one attached hydrogen (secondary N) is 1. The number of aryl methyl sites for hydroxylation is 1. The predicted octanol–water partition coefficient (Wildman–Crippen LogP) is 1.52. The molecular weight excluding hydrogens is 316 g/mol. The molecule has 0 aliphatic heterocycles. The van der Waals surface area contributed by atoms with Crippen LogP contribution in [0.3, 0.4) is 0 Å². The van der Waals surface area contributed by atoms with Crippen LogP contribution in [0.15, 0.2) is 30.6 Å². The summed E-state index contributed by atoms with van der Waals surface area (Å²) in [5, 5.41) is 0.0914. The van der Waals surface area contributed by atoms with Crippen molar-refractivity contribution in [2.75, 3.05) is 17.6 Å². The van der Waals surface area contributed by atoms with Gasteiger partial charge in [0.05, 0.1) is 12.9 Å². The maximum Gasteiger partial charge on any atom is 0.241 e. The Kier molecular flexibility index (Phi) is 4.92. The number of aromatic nitrogens is 3. The van der Waals surface area contributed by atoms with Gasteiger partial charge in [-0.1, -0.05) is 11.6 Å². The number of hydrogen-bond donors (Lipinski definition) is 1. The first-order valence-corrected chi connectivity index (χ1v) is 7.99. The Balaban J connectivity index is 2.05. The fourth-order valence-electron chi connectivity index (χ4n) is 1.54. The van der Waals surface area contributed by atoms with Gasteiger partial charge in [0, 0.05) is 18.5 Å². The van der Waals surface area contributed by atoms with Crippen molar-refractivity contribution in [2.24, 2.45) is 0 Å². The molecule has 21 heavy (non-hydrogen) atoms. The lowest BCUT2D eigenvalue weighted by molar-refractivity contribution is 0.397. The van der Waals surface area contributed by atoms with Crippen LogP contribution in [-0.2, 0) is 16.4 Å². The van der Waals surface area contributed by atoms with E-state index < -0.39 is 10.0 Å². The summed E-state index contributed by atoms with van der Waals surface area (Å²) >= 11 is 5.76. The monoisotopic (exact) mass is 328 g/mol. The summed E-state index contributed by atoms with van der Waals surface area (Å²) in [6, 6.07) is 4.90. The smallest absolute Gasteiger partial charge is 0.241 e. The third-order valence-corrected chi connectivity index (χ3v) is 3.96. The molecule has 0 bridgehead atoms. The Bertz CT molecular complexity index is 710. The van der Waals surface area contributed by atoms with E-state index in [0.717, 1.165) is 5.56 Å². The second-order valence-electron chi connectivity index (χ2n) is 4.08. The molecule has 0 saturated heterocycles. The van der Waals surface area contributed by atoms with E-state index in [1.54, 1.807) is 24.5 Å². The minimum absolute atomic E-state index is 0.0914. The van der Waals surface area contributed by atoms with Gasteiger partial charge in [-0.2, -0.15) is 4.98 Å². The van der Waals surface area contributed by atoms with Crippen LogP contribution >= 0.6 is 11.6 Å². The van der Waals surface area contributed by atoms with Crippen molar-refractivity contribution in [3.05, 3.63) is 41.3 Å². The molecule has 0 aromatic carbocycles. The normalized spacial score (nSPS) is 11.1. The summed E-state index contributed by atoms with van der Waals surface area (Å²) in [5.41, 5.74) is 0.875. The van der Waals surface area contributed by atoms with Gasteiger partial charge in [-0.05, 0) is 24.1 Å². The Morgan fingerprint density at radius 1 is 1.29 bits per heavy atom. The fourth-order valence-corrected chi connectivity index (χ4v) is 2.69. The zero-order valence-electron chi connectivity index (χ0n) is 11.2. The predicted molar refractivity (Wildman–Crippen MR) is 78.9 cm³/mol. The number of pyridine rings is 1. The number of anilines is 1. The van der Waals surface area contributed by atoms with Crippen molar-refractivity contribution in [2.45, 2.75) is 6.42 Å². The fraction of sp³-hybridized carbons (Fsp3) is 0.250. The highest BCUT2D eigenvalue weighted by atomic mass is 35.5. The molecule has 0 aliphatic rings. The second kappa shape index (κ2) is 6.68. The number of ether oxygens (including phenoxy) is 1. The van der Waals surface area contributed by atoms with Gasteiger partial charge in [-0.25, -0.2) is 13.4 Å². The molecule has 0 saturated carbocycles. The van der Waals surface area contributed by atoms with Gasteiger partial charge in [0.2, 0.25) is 21.9 Å². The van der Waals surface area contributed by atoms with Crippen molar-refractivity contribution in [1.82, 2.24) is 15.0 Å². The van der Waals surface area contributed by atoms with E-state index in [1.807, 2.05) is 0 Å². The van der Waals surface area contributed by atoms with Crippen LogP contribution in [0.5, 0.6) is 5.88 Å². The third kappa shape index (κ3) is 4.83. The average molecular weight is 329 g/mol. The molecule has 2 aromatic rings. The quantitative estimate of drug-likeness (QED) is 0.808. The minimum Gasteiger partial charge on any atom is -0.481 e. The molecule has 0 aliphatic carbocycles. The topological polar surface area (TPSA) is 94.1 Å². The summed E-state index contributed by atoms with van der Waals surface area (Å²) < 4.78 is 31.2. The number of methoxy groups -OCH3 is 1. The van der Waals surface area contributed by atoms with Crippen molar-refractivity contribution < 1.29 is 13.2 Å². The van der Waals surface area contributed by atoms with Crippen LogP contribution in [0.25, 0.3) is 0 Å². The highest BCUT2D eigenvalue weighted by Crippen LogP contribution is 2.16. The Morgan fingerprint density at radius 3 is 2.67 bits per heavy atom. The first-order valence-electron chi connectivity index (χ1n) is 5.96. The van der Waals surface area contributed by atoms with E-state index in [2.05, 4.69) is 19.7 Å². The van der Waals surface area contributed by atoms with Gasteiger partial charge in [0.25, 0.3) is 0 Å². The molecule has 0 radical (unpaired) electrons. The van der Waals surface area contributed by atoms with E-state index >= 15 is 0 Å². The standard InChI is InChI=1S/C12H13ClN4O3S/c1-20-11-8-10(13)15-12(16-11)17-21(18,19)7-4-9-2-5-14-6-3-9/h2-3,5-6,8H,4,7H2,1H3,(H,15,16,17). The van der Waals surface area contributed by atoms with Crippen molar-refractivity contribution >= 4 is 27.6 Å². The molecular formula is C12H13ClN4O3S. The number of rotatable bonds is 6. The van der Waals surface area contributed by atoms with Crippen LogP contribution in [0.4, 0.5) is 5.95 Å². The van der Waals surface area contributed by atoms with Gasteiger partial charge in [0.1, 0.15) is 5.15 Å². The van der Waals surface area contributed by atoms with Gasteiger partial charge < -0.3 is 4.74 Å². The van der Waals surface area contributed by atoms with E-state index in [-0.39, 0.29) is 22.7 Å². The number of sulfonamides is 1. The second-order valence-corrected chi connectivity index (χ2v) is 6.31. The summed E-state index contributed by atoms with van der Waals surface area (Å²) in [5.74, 6) is -0.0363. The first kappa shape index (κ1) is 15.5. The van der Waals surface area contributed by atoms with E-state index in [1.165, 1.54) is 13.2 Å². The van der Waals surface area contributed by atoms with E-state index in [9.17, 15) is 8.42 Å². The van der Waals surface area contributed by atoms with E-state index in [4.69, 9.17) is 16.3 Å². The maximum atomic E-state index is 12.0. The van der Waals surface area contributed by atoms with Crippen molar-refractivity contribution in [3.63, 3.8) is 0 Å². The zero-order valence-corrected chi connectivity index (χ0v) is 12.7. The highest BCUT2D eigenvalue weighted by molar-refractivity contribution is 7.92. The number of halogens is 1. The summed E-state index contributed by atoms with van der Waals surface area (Å²) in [6.07, 6.45) is 3.58. The third-order valence-electron chi connectivity index (χ3n) is 2.54. The SMILES string of the molecule is COc1cc(Cl)nc(NS(=O)(=O)CCc2ccncc2)n1. The molecule has 1 N–H and O–H groups in total. The first-order chi connectivity index (χ1) is 9.98. The lowest BCUT2D eigenvalue weighted by atomic mass is 10.2. The molecule has 2 aromatic heterocycles. The summed E-state index contributed by atoms with van der Waals surface area (Å²) in [7, 11) is -2.18. The molecule has 0 atom stereocenters. The molecule has 2 rings (SSSR count). The Labute approximate surface area is 127 Å². The Hall–Kier alpha value is -1.93. The molecule has 9 heteroatoms. The lowest BCUT2D eigenvalue weighted by Crippen LogP contribution is -2.20. The van der Waals surface area contributed by atoms with Crippen LogP contribution in [0.2, 0.25) is 5.15 Å². The largest absolute Gasteiger partial charge is 0.481 e. The maximum absolute atomic E-state index is 12.0. The van der Waals surface area contributed by atoms with Gasteiger partial charge in [-0.3, -0.25) is 9.71 Å². The van der Waals surface area contributed by atoms with Crippen LogP contribution in [0, 0.1) is 0 Å². The number of nitrogens with zero attached hydrogens (tertiary/aromatic N) is 3. The molecule has 0 fully saturated rings. The van der Waals surface area contributed by atoms with Crippen LogP contribution in [-0.4, -0.2) is 36.2 Å². The molecule has 0 amide bonds. The van der Waals surface area contributed by atoms with Crippen molar-refractivity contribution in [1.29, 1.82) is 0 Å². The van der Waals surface area contributed by atoms with Crippen LogP contribution in [0.1, 0.15) is 5.56 Å². The van der Waals surface area contributed by atoms with Gasteiger partial charge in [0.15, 0.2) is 0 Å². The molecule has 0 unspecified atom stereocenters. The minimum atomic E-state index is -3.58.